The number of thiophene rings is 1. The van der Waals surface area contributed by atoms with Crippen molar-refractivity contribution in [3.8, 4) is 0 Å². The zero-order valence-corrected chi connectivity index (χ0v) is 17.9. The van der Waals surface area contributed by atoms with Gasteiger partial charge in [0, 0.05) is 25.2 Å². The molecule has 3 amide bonds. The van der Waals surface area contributed by atoms with Crippen molar-refractivity contribution >= 4 is 29.1 Å². The third-order valence-corrected chi connectivity index (χ3v) is 6.20. The highest BCUT2D eigenvalue weighted by atomic mass is 32.1. The van der Waals surface area contributed by atoms with Gasteiger partial charge in [0.2, 0.25) is 5.91 Å². The largest absolute Gasteiger partial charge is 0.351 e. The lowest BCUT2D eigenvalue weighted by Gasteiger charge is -2.35. The quantitative estimate of drug-likeness (QED) is 0.670. The van der Waals surface area contributed by atoms with E-state index in [-0.39, 0.29) is 23.6 Å². The molecule has 1 aromatic carbocycles. The second-order valence-electron chi connectivity index (χ2n) is 7.46. The monoisotopic (exact) mass is 425 g/mol. The Bertz CT molecular complexity index is 885. The zero-order chi connectivity index (χ0) is 21.5. The summed E-state index contributed by atoms with van der Waals surface area (Å²) in [4.78, 5) is 40.4. The average molecular weight is 426 g/mol. The van der Waals surface area contributed by atoms with Crippen LogP contribution in [0.2, 0.25) is 0 Å². The van der Waals surface area contributed by atoms with Gasteiger partial charge in [-0.15, -0.1) is 17.9 Å². The summed E-state index contributed by atoms with van der Waals surface area (Å²) in [6.45, 7) is 7.06. The summed E-state index contributed by atoms with van der Waals surface area (Å²) in [5.41, 5.74) is 1.78. The number of hydrogen-bond acceptors (Lipinski definition) is 4. The number of carbonyl (C=O) groups is 3. The first-order valence-electron chi connectivity index (χ1n) is 10.1. The first-order valence-corrected chi connectivity index (χ1v) is 11.0. The Kier molecular flexibility index (Phi) is 7.41. The van der Waals surface area contributed by atoms with E-state index in [1.54, 1.807) is 12.1 Å². The van der Waals surface area contributed by atoms with Crippen LogP contribution >= 0.6 is 11.3 Å². The van der Waals surface area contributed by atoms with Gasteiger partial charge < -0.3 is 15.5 Å². The number of aryl methyl sites for hydroxylation is 1. The van der Waals surface area contributed by atoms with Crippen LogP contribution in [-0.2, 0) is 4.79 Å². The highest BCUT2D eigenvalue weighted by Gasteiger charge is 2.34. The molecule has 2 heterocycles. The van der Waals surface area contributed by atoms with Crippen molar-refractivity contribution in [3.05, 3.63) is 70.4 Å². The van der Waals surface area contributed by atoms with Crippen molar-refractivity contribution in [2.75, 3.05) is 19.6 Å². The van der Waals surface area contributed by atoms with Gasteiger partial charge in [0.1, 0.15) is 6.04 Å². The molecule has 1 aromatic heterocycles. The van der Waals surface area contributed by atoms with E-state index in [9.17, 15) is 14.4 Å². The minimum absolute atomic E-state index is 0.00345. The smallest absolute Gasteiger partial charge is 0.262 e. The normalized spacial score (nSPS) is 15.3. The van der Waals surface area contributed by atoms with Gasteiger partial charge >= 0.3 is 0 Å². The van der Waals surface area contributed by atoms with E-state index >= 15 is 0 Å². The Hall–Kier alpha value is -2.93. The zero-order valence-electron chi connectivity index (χ0n) is 17.1. The van der Waals surface area contributed by atoms with Crippen molar-refractivity contribution in [2.24, 2.45) is 5.92 Å². The fourth-order valence-corrected chi connectivity index (χ4v) is 4.24. The van der Waals surface area contributed by atoms with Crippen molar-refractivity contribution < 1.29 is 14.4 Å². The fourth-order valence-electron chi connectivity index (χ4n) is 3.61. The Morgan fingerprint density at radius 1 is 1.20 bits per heavy atom. The van der Waals surface area contributed by atoms with Gasteiger partial charge in [-0.3, -0.25) is 14.4 Å². The number of amides is 3. The molecule has 1 aliphatic heterocycles. The van der Waals surface area contributed by atoms with Crippen molar-refractivity contribution in [1.29, 1.82) is 0 Å². The fraction of sp³-hybridized carbons (Fsp3) is 0.348. The molecule has 1 aliphatic rings. The van der Waals surface area contributed by atoms with Gasteiger partial charge in [-0.2, -0.15) is 0 Å². The second kappa shape index (κ2) is 10.2. The molecular formula is C23H27N3O3S. The molecule has 1 saturated heterocycles. The molecule has 2 N–H and O–H groups in total. The summed E-state index contributed by atoms with van der Waals surface area (Å²) in [5, 5.41) is 7.53. The standard InChI is InChI=1S/C23H27N3O3S/c1-3-12-24-22(28)20(25-21(27)19-5-4-15-30-19)17-10-13-26(14-11-17)23(29)18-8-6-16(2)7-9-18/h3-9,15,17,20H,1,10-14H2,2H3,(H,24,28)(H,25,27). The summed E-state index contributed by atoms with van der Waals surface area (Å²) in [7, 11) is 0. The minimum Gasteiger partial charge on any atom is -0.351 e. The molecule has 0 bridgehead atoms. The van der Waals surface area contributed by atoms with E-state index in [4.69, 9.17) is 0 Å². The third kappa shape index (κ3) is 5.36. The highest BCUT2D eigenvalue weighted by molar-refractivity contribution is 7.12. The summed E-state index contributed by atoms with van der Waals surface area (Å²) >= 11 is 1.34. The Morgan fingerprint density at radius 3 is 2.50 bits per heavy atom. The average Bonchev–Trinajstić information content (AvgIpc) is 3.31. The van der Waals surface area contributed by atoms with Crippen molar-refractivity contribution in [1.82, 2.24) is 15.5 Å². The maximum atomic E-state index is 12.8. The number of piperidine rings is 1. The van der Waals surface area contributed by atoms with E-state index in [0.29, 0.717) is 42.9 Å². The van der Waals surface area contributed by atoms with Crippen LogP contribution in [0.25, 0.3) is 0 Å². The van der Waals surface area contributed by atoms with Crippen molar-refractivity contribution in [3.63, 3.8) is 0 Å². The molecule has 0 saturated carbocycles. The maximum Gasteiger partial charge on any atom is 0.262 e. The van der Waals surface area contributed by atoms with Crippen LogP contribution in [0.1, 0.15) is 38.4 Å². The van der Waals surface area contributed by atoms with E-state index < -0.39 is 6.04 Å². The maximum absolute atomic E-state index is 12.8. The summed E-state index contributed by atoms with van der Waals surface area (Å²) in [6.07, 6.45) is 2.90. The van der Waals surface area contributed by atoms with E-state index in [1.807, 2.05) is 47.5 Å². The minimum atomic E-state index is -0.642. The molecule has 30 heavy (non-hydrogen) atoms. The highest BCUT2D eigenvalue weighted by Crippen LogP contribution is 2.23. The predicted octanol–water partition coefficient (Wildman–Crippen LogP) is 3.01. The topological polar surface area (TPSA) is 78.5 Å². The summed E-state index contributed by atoms with van der Waals surface area (Å²) in [5.74, 6) is -0.505. The van der Waals surface area contributed by atoms with E-state index in [0.717, 1.165) is 5.56 Å². The lowest BCUT2D eigenvalue weighted by atomic mass is 9.88. The van der Waals surface area contributed by atoms with Gasteiger partial charge in [0.05, 0.1) is 4.88 Å². The molecular weight excluding hydrogens is 398 g/mol. The number of likely N-dealkylation sites (tertiary alicyclic amines) is 1. The molecule has 2 aromatic rings. The van der Waals surface area contributed by atoms with Crippen LogP contribution in [0.4, 0.5) is 0 Å². The van der Waals surface area contributed by atoms with Crippen LogP contribution in [0.3, 0.4) is 0 Å². The molecule has 1 unspecified atom stereocenters. The molecule has 7 heteroatoms. The van der Waals surface area contributed by atoms with Crippen LogP contribution in [-0.4, -0.2) is 48.3 Å². The Balaban J connectivity index is 1.65. The summed E-state index contributed by atoms with van der Waals surface area (Å²) < 4.78 is 0. The van der Waals surface area contributed by atoms with E-state index in [1.165, 1.54) is 11.3 Å². The second-order valence-corrected chi connectivity index (χ2v) is 8.41. The summed E-state index contributed by atoms with van der Waals surface area (Å²) in [6, 6.07) is 10.5. The van der Waals surface area contributed by atoms with E-state index in [2.05, 4.69) is 17.2 Å². The number of nitrogens with zero attached hydrogens (tertiary/aromatic N) is 1. The first-order chi connectivity index (χ1) is 14.5. The molecule has 1 atom stereocenters. The van der Waals surface area contributed by atoms with Crippen LogP contribution in [0.15, 0.2) is 54.4 Å². The van der Waals surface area contributed by atoms with Crippen LogP contribution in [0.5, 0.6) is 0 Å². The first kappa shape index (κ1) is 21.8. The molecule has 1 fully saturated rings. The number of hydrogen-bond donors (Lipinski definition) is 2. The molecule has 0 aliphatic carbocycles. The van der Waals surface area contributed by atoms with Gasteiger partial charge in [-0.1, -0.05) is 29.8 Å². The number of rotatable bonds is 7. The number of nitrogens with one attached hydrogen (secondary N) is 2. The lowest BCUT2D eigenvalue weighted by molar-refractivity contribution is -0.124. The number of carbonyl (C=O) groups excluding carboxylic acids is 3. The molecule has 6 nitrogen and oxygen atoms in total. The number of benzene rings is 1. The lowest BCUT2D eigenvalue weighted by Crippen LogP contribution is -2.53. The molecule has 3 rings (SSSR count). The van der Waals surface area contributed by atoms with Gasteiger partial charge in [-0.05, 0) is 49.3 Å². The van der Waals surface area contributed by atoms with Crippen LogP contribution < -0.4 is 10.6 Å². The Morgan fingerprint density at radius 2 is 1.90 bits per heavy atom. The van der Waals surface area contributed by atoms with Crippen LogP contribution in [0, 0.1) is 12.8 Å². The Labute approximate surface area is 181 Å². The van der Waals surface area contributed by atoms with Gasteiger partial charge in [-0.25, -0.2) is 0 Å². The van der Waals surface area contributed by atoms with Gasteiger partial charge in [0.15, 0.2) is 0 Å². The SMILES string of the molecule is C=CCNC(=O)C(NC(=O)c1cccs1)C1CCN(C(=O)c2ccc(C)cc2)CC1. The van der Waals surface area contributed by atoms with Gasteiger partial charge in [0.25, 0.3) is 11.8 Å². The third-order valence-electron chi connectivity index (χ3n) is 5.33. The predicted molar refractivity (Wildman–Crippen MR) is 119 cm³/mol. The molecule has 0 spiro atoms. The molecule has 0 radical (unpaired) electrons. The van der Waals surface area contributed by atoms with Crippen molar-refractivity contribution in [2.45, 2.75) is 25.8 Å². The molecule has 158 valence electrons.